The third kappa shape index (κ3) is 2.51. The van der Waals surface area contributed by atoms with Gasteiger partial charge in [-0.25, -0.2) is 0 Å². The van der Waals surface area contributed by atoms with Gasteiger partial charge in [-0.1, -0.05) is 20.8 Å². The average molecular weight is 212 g/mol. The maximum atomic E-state index is 12.2. The zero-order valence-corrected chi connectivity index (χ0v) is 10.4. The number of rotatable bonds is 4. The summed E-state index contributed by atoms with van der Waals surface area (Å²) in [5.41, 5.74) is 5.52. The van der Waals surface area contributed by atoms with Crippen molar-refractivity contribution in [2.45, 2.75) is 33.6 Å². The Kier molecular flexibility index (Phi) is 3.77. The van der Waals surface area contributed by atoms with Gasteiger partial charge in [-0.05, 0) is 24.7 Å². The van der Waals surface area contributed by atoms with Gasteiger partial charge in [0.15, 0.2) is 0 Å². The average Bonchev–Trinajstić information content (AvgIpc) is 2.10. The molecule has 0 unspecified atom stereocenters. The molecular weight excluding hydrogens is 188 g/mol. The van der Waals surface area contributed by atoms with Gasteiger partial charge >= 0.3 is 0 Å². The molecule has 0 spiro atoms. The van der Waals surface area contributed by atoms with E-state index in [0.717, 1.165) is 19.4 Å². The Morgan fingerprint density at radius 3 is 2.40 bits per heavy atom. The van der Waals surface area contributed by atoms with E-state index in [1.807, 2.05) is 11.9 Å². The molecule has 1 saturated carbocycles. The highest BCUT2D eigenvalue weighted by Crippen LogP contribution is 2.45. The van der Waals surface area contributed by atoms with Crippen molar-refractivity contribution in [3.05, 3.63) is 0 Å². The molecule has 3 heteroatoms. The summed E-state index contributed by atoms with van der Waals surface area (Å²) in [5.74, 6) is 1.42. The zero-order chi connectivity index (χ0) is 11.6. The van der Waals surface area contributed by atoms with Crippen LogP contribution in [0.4, 0.5) is 0 Å². The van der Waals surface area contributed by atoms with Crippen LogP contribution in [0.5, 0.6) is 0 Å². The summed E-state index contributed by atoms with van der Waals surface area (Å²) < 4.78 is 0. The Bertz CT molecular complexity index is 232. The minimum Gasteiger partial charge on any atom is -0.345 e. The van der Waals surface area contributed by atoms with E-state index < -0.39 is 0 Å². The summed E-state index contributed by atoms with van der Waals surface area (Å²) in [7, 11) is 1.89. The molecule has 0 aliphatic heterocycles. The second-order valence-electron chi connectivity index (χ2n) is 5.58. The van der Waals surface area contributed by atoms with Crippen molar-refractivity contribution in [2.24, 2.45) is 23.0 Å². The molecule has 0 bridgehead atoms. The number of hydrogen-bond acceptors (Lipinski definition) is 2. The van der Waals surface area contributed by atoms with Gasteiger partial charge < -0.3 is 10.6 Å². The van der Waals surface area contributed by atoms with Gasteiger partial charge in [0.25, 0.3) is 0 Å². The van der Waals surface area contributed by atoms with Crippen molar-refractivity contribution in [3.8, 4) is 0 Å². The first-order valence-corrected chi connectivity index (χ1v) is 5.87. The monoisotopic (exact) mass is 212 g/mol. The minimum atomic E-state index is -0.233. The summed E-state index contributed by atoms with van der Waals surface area (Å²) in [6.45, 7) is 7.77. The Hall–Kier alpha value is -0.570. The first-order chi connectivity index (χ1) is 6.91. The highest BCUT2D eigenvalue weighted by Gasteiger charge is 2.48. The maximum absolute atomic E-state index is 12.2. The van der Waals surface area contributed by atoms with E-state index in [9.17, 15) is 4.79 Å². The van der Waals surface area contributed by atoms with Gasteiger partial charge in [0.05, 0.1) is 5.41 Å². The molecule has 1 fully saturated rings. The maximum Gasteiger partial charge on any atom is 0.229 e. The third-order valence-corrected chi connectivity index (χ3v) is 3.31. The summed E-state index contributed by atoms with van der Waals surface area (Å²) in [6.07, 6.45) is 1.93. The SMILES string of the molecule is CC(C)CN(C)C(=O)C1(CN)CC(C)C1. The van der Waals surface area contributed by atoms with Crippen molar-refractivity contribution in [1.29, 1.82) is 0 Å². The lowest BCUT2D eigenvalue weighted by molar-refractivity contribution is -0.148. The summed E-state index contributed by atoms with van der Waals surface area (Å²) in [4.78, 5) is 14.1. The molecule has 88 valence electrons. The van der Waals surface area contributed by atoms with Crippen molar-refractivity contribution in [2.75, 3.05) is 20.1 Å². The van der Waals surface area contributed by atoms with Gasteiger partial charge in [-0.15, -0.1) is 0 Å². The lowest BCUT2D eigenvalue weighted by Gasteiger charge is -2.46. The normalized spacial score (nSPS) is 30.1. The number of hydrogen-bond donors (Lipinski definition) is 1. The smallest absolute Gasteiger partial charge is 0.229 e. The highest BCUT2D eigenvalue weighted by atomic mass is 16.2. The fourth-order valence-electron chi connectivity index (χ4n) is 2.74. The van der Waals surface area contributed by atoms with Gasteiger partial charge in [-0.3, -0.25) is 4.79 Å². The topological polar surface area (TPSA) is 46.3 Å². The molecule has 3 nitrogen and oxygen atoms in total. The van der Waals surface area contributed by atoms with E-state index in [-0.39, 0.29) is 11.3 Å². The van der Waals surface area contributed by atoms with Crippen LogP contribution in [0.15, 0.2) is 0 Å². The number of amides is 1. The van der Waals surface area contributed by atoms with E-state index in [0.29, 0.717) is 18.4 Å². The van der Waals surface area contributed by atoms with Gasteiger partial charge in [0.2, 0.25) is 5.91 Å². The van der Waals surface area contributed by atoms with E-state index in [1.165, 1.54) is 0 Å². The van der Waals surface area contributed by atoms with Gasteiger partial charge in [0.1, 0.15) is 0 Å². The van der Waals surface area contributed by atoms with Crippen molar-refractivity contribution < 1.29 is 4.79 Å². The Balaban J connectivity index is 2.58. The third-order valence-electron chi connectivity index (χ3n) is 3.31. The summed E-state index contributed by atoms with van der Waals surface area (Å²) in [6, 6.07) is 0. The molecule has 1 aliphatic rings. The molecule has 1 aliphatic carbocycles. The molecule has 1 rings (SSSR count). The fraction of sp³-hybridized carbons (Fsp3) is 0.917. The molecule has 0 atom stereocenters. The second kappa shape index (κ2) is 4.52. The largest absolute Gasteiger partial charge is 0.345 e. The van der Waals surface area contributed by atoms with Crippen LogP contribution in [0.2, 0.25) is 0 Å². The molecule has 0 saturated heterocycles. The van der Waals surface area contributed by atoms with Gasteiger partial charge in [-0.2, -0.15) is 0 Å². The Morgan fingerprint density at radius 1 is 1.53 bits per heavy atom. The van der Waals surface area contributed by atoms with E-state index in [4.69, 9.17) is 5.73 Å². The first kappa shape index (κ1) is 12.5. The number of nitrogens with zero attached hydrogens (tertiary/aromatic N) is 1. The van der Waals surface area contributed by atoms with Crippen molar-refractivity contribution in [3.63, 3.8) is 0 Å². The second-order valence-corrected chi connectivity index (χ2v) is 5.58. The predicted octanol–water partition coefficient (Wildman–Crippen LogP) is 1.48. The molecular formula is C12H24N2O. The van der Waals surface area contributed by atoms with Crippen LogP contribution in [0.25, 0.3) is 0 Å². The van der Waals surface area contributed by atoms with E-state index >= 15 is 0 Å². The van der Waals surface area contributed by atoms with Crippen molar-refractivity contribution >= 4 is 5.91 Å². The molecule has 0 aromatic carbocycles. The number of carbonyl (C=O) groups is 1. The van der Waals surface area contributed by atoms with Crippen molar-refractivity contribution in [1.82, 2.24) is 4.90 Å². The zero-order valence-electron chi connectivity index (χ0n) is 10.4. The lowest BCUT2D eigenvalue weighted by Crippen LogP contribution is -2.54. The summed E-state index contributed by atoms with van der Waals surface area (Å²) >= 11 is 0. The molecule has 0 radical (unpaired) electrons. The van der Waals surface area contributed by atoms with Crippen LogP contribution in [0.1, 0.15) is 33.6 Å². The van der Waals surface area contributed by atoms with E-state index in [1.54, 1.807) is 0 Å². The molecule has 2 N–H and O–H groups in total. The fourth-order valence-corrected chi connectivity index (χ4v) is 2.74. The molecule has 0 aromatic heterocycles. The van der Waals surface area contributed by atoms with Crippen LogP contribution in [-0.4, -0.2) is 30.9 Å². The standard InChI is InChI=1S/C12H24N2O/c1-9(2)7-14(4)11(15)12(8-13)5-10(3)6-12/h9-10H,5-8,13H2,1-4H3. The Labute approximate surface area is 93.0 Å². The molecule has 0 aromatic rings. The van der Waals surface area contributed by atoms with Crippen LogP contribution in [-0.2, 0) is 4.79 Å². The van der Waals surface area contributed by atoms with Crippen LogP contribution in [0, 0.1) is 17.3 Å². The van der Waals surface area contributed by atoms with Crippen LogP contribution in [0.3, 0.4) is 0 Å². The summed E-state index contributed by atoms with van der Waals surface area (Å²) in [5, 5.41) is 0. The number of carbonyl (C=O) groups excluding carboxylic acids is 1. The minimum absolute atomic E-state index is 0.233. The molecule has 0 heterocycles. The van der Waals surface area contributed by atoms with Crippen LogP contribution < -0.4 is 5.73 Å². The lowest BCUT2D eigenvalue weighted by atomic mass is 9.62. The highest BCUT2D eigenvalue weighted by molar-refractivity contribution is 5.83. The number of nitrogens with two attached hydrogens (primary N) is 1. The van der Waals surface area contributed by atoms with Crippen LogP contribution >= 0.6 is 0 Å². The molecule has 15 heavy (non-hydrogen) atoms. The van der Waals surface area contributed by atoms with E-state index in [2.05, 4.69) is 20.8 Å². The first-order valence-electron chi connectivity index (χ1n) is 5.87. The Morgan fingerprint density at radius 2 is 2.07 bits per heavy atom. The van der Waals surface area contributed by atoms with Gasteiger partial charge in [0, 0.05) is 20.1 Å². The molecule has 1 amide bonds. The quantitative estimate of drug-likeness (QED) is 0.767. The predicted molar refractivity (Wildman–Crippen MR) is 62.4 cm³/mol.